The van der Waals surface area contributed by atoms with E-state index in [0.717, 1.165) is 34.9 Å². The summed E-state index contributed by atoms with van der Waals surface area (Å²) in [4.78, 5) is 54.3. The molecule has 0 spiro atoms. The number of halogens is 3. The normalized spacial score (nSPS) is 22.6. The van der Waals surface area contributed by atoms with Crippen molar-refractivity contribution in [2.75, 3.05) is 38.2 Å². The van der Waals surface area contributed by atoms with E-state index in [1.165, 1.54) is 30.2 Å². The van der Waals surface area contributed by atoms with Crippen molar-refractivity contribution in [2.24, 2.45) is 18.7 Å². The summed E-state index contributed by atoms with van der Waals surface area (Å²) in [6.45, 7) is 3.63. The summed E-state index contributed by atoms with van der Waals surface area (Å²) in [5, 5.41) is 11.2. The first-order valence-corrected chi connectivity index (χ1v) is 21.2. The maximum atomic E-state index is 16.2. The van der Waals surface area contributed by atoms with E-state index in [-0.39, 0.29) is 75.9 Å². The second kappa shape index (κ2) is 16.0. The van der Waals surface area contributed by atoms with Crippen LogP contribution in [0.15, 0.2) is 66.7 Å². The van der Waals surface area contributed by atoms with Crippen LogP contribution in [-0.2, 0) is 22.2 Å². The number of primary amides is 1. The molecule has 2 saturated heterocycles. The van der Waals surface area contributed by atoms with Crippen LogP contribution in [0.5, 0.6) is 11.5 Å². The zero-order valence-electron chi connectivity index (χ0n) is 34.5. The molecule has 3 aliphatic heterocycles. The molecule has 5 amide bonds. The van der Waals surface area contributed by atoms with Crippen LogP contribution < -0.4 is 30.7 Å². The van der Waals surface area contributed by atoms with Gasteiger partial charge in [-0.05, 0) is 55.0 Å². The summed E-state index contributed by atoms with van der Waals surface area (Å²) < 4.78 is 45.7. The van der Waals surface area contributed by atoms with E-state index in [1.807, 2.05) is 67.4 Å². The minimum Gasteiger partial charge on any atom is -0.494 e. The van der Waals surface area contributed by atoms with E-state index in [2.05, 4.69) is 15.7 Å². The molecule has 1 saturated carbocycles. The number of ether oxygens (including phenoxy) is 2. The minimum atomic E-state index is -1.09. The summed E-state index contributed by atoms with van der Waals surface area (Å²) in [7, 11) is 3.13. The number of benzene rings is 4. The smallest absolute Gasteiger partial charge is 0.329 e. The number of hydrogen-bond donors (Lipinski definition) is 3. The number of methoxy groups -OCH3 is 1. The van der Waals surface area contributed by atoms with Gasteiger partial charge in [0.25, 0.3) is 0 Å². The molecule has 0 radical (unpaired) electrons. The lowest BCUT2D eigenvalue weighted by Gasteiger charge is -2.43. The molecule has 0 bridgehead atoms. The fraction of sp³-hybridized carbons (Fsp3) is 0.370. The van der Waals surface area contributed by atoms with Crippen molar-refractivity contribution in [1.29, 1.82) is 0 Å². The van der Waals surface area contributed by atoms with Crippen LogP contribution in [0.1, 0.15) is 77.9 Å². The first kappa shape index (κ1) is 41.3. The van der Waals surface area contributed by atoms with Crippen molar-refractivity contribution in [1.82, 2.24) is 25.3 Å². The van der Waals surface area contributed by atoms with Gasteiger partial charge >= 0.3 is 6.03 Å². The predicted molar refractivity (Wildman–Crippen MR) is 228 cm³/mol. The number of imide groups is 1. The Morgan fingerprint density at radius 1 is 1.03 bits per heavy atom. The lowest BCUT2D eigenvalue weighted by Crippen LogP contribution is -2.52. The Balaban J connectivity index is 0.893. The van der Waals surface area contributed by atoms with Crippen LogP contribution in [0.4, 0.5) is 19.4 Å². The summed E-state index contributed by atoms with van der Waals surface area (Å²) in [5.74, 6) is -2.83. The van der Waals surface area contributed by atoms with Crippen LogP contribution in [0.3, 0.4) is 0 Å². The molecular formula is C46H46ClF2N7O6. The molecule has 62 heavy (non-hydrogen) atoms. The first-order valence-electron chi connectivity index (χ1n) is 20.8. The van der Waals surface area contributed by atoms with Gasteiger partial charge in [0, 0.05) is 91.6 Å². The zero-order valence-corrected chi connectivity index (χ0v) is 35.2. The van der Waals surface area contributed by atoms with Crippen LogP contribution in [0.2, 0.25) is 5.02 Å². The number of urea groups is 1. The van der Waals surface area contributed by atoms with Crippen LogP contribution in [0.25, 0.3) is 22.0 Å². The van der Waals surface area contributed by atoms with Gasteiger partial charge in [0.05, 0.1) is 23.2 Å². The van der Waals surface area contributed by atoms with Crippen molar-refractivity contribution in [3.05, 3.63) is 106 Å². The number of hydrogen-bond acceptors (Lipinski definition) is 8. The Morgan fingerprint density at radius 3 is 2.47 bits per heavy atom. The van der Waals surface area contributed by atoms with Crippen LogP contribution in [-0.4, -0.2) is 77.8 Å². The Morgan fingerprint density at radius 2 is 1.77 bits per heavy atom. The van der Waals surface area contributed by atoms with Crippen molar-refractivity contribution in [3.63, 3.8) is 0 Å². The quantitative estimate of drug-likeness (QED) is 0.137. The molecule has 13 nitrogen and oxygen atoms in total. The van der Waals surface area contributed by atoms with E-state index >= 15 is 8.78 Å². The van der Waals surface area contributed by atoms with Crippen LogP contribution >= 0.6 is 11.6 Å². The van der Waals surface area contributed by atoms with Crippen LogP contribution in [0, 0.1) is 17.6 Å². The average Bonchev–Trinajstić information content (AvgIpc) is 3.73. The predicted octanol–water partition coefficient (Wildman–Crippen LogP) is 6.89. The molecule has 4 N–H and O–H groups in total. The molecular weight excluding hydrogens is 820 g/mol. The third kappa shape index (κ3) is 6.81. The van der Waals surface area contributed by atoms with E-state index in [0.29, 0.717) is 43.9 Å². The van der Waals surface area contributed by atoms with Gasteiger partial charge in [-0.15, -0.1) is 0 Å². The van der Waals surface area contributed by atoms with E-state index in [1.54, 1.807) is 4.68 Å². The number of likely N-dealkylation sites (tertiary alicyclic amines) is 1. The molecule has 4 aromatic carbocycles. The SMILES string of the molecule is COc1ccc(C(N)=O)c(-c2c(Cl)c(F)cc3c2C(C)C(CNC2CCC(C(=O)N4CC(c5cccc6c(N7CCC(=O)NC7=O)nn(C)c56)C4)CC2)(c2ccccc2)O3)c1F. The highest BCUT2D eigenvalue weighted by Gasteiger charge is 2.50. The lowest BCUT2D eigenvalue weighted by molar-refractivity contribution is -0.141. The maximum absolute atomic E-state index is 16.2. The van der Waals surface area contributed by atoms with Gasteiger partial charge in [-0.2, -0.15) is 5.10 Å². The molecule has 2 unspecified atom stereocenters. The number of rotatable bonds is 10. The number of nitrogens with one attached hydrogen (secondary N) is 2. The highest BCUT2D eigenvalue weighted by molar-refractivity contribution is 6.34. The number of carbonyl (C=O) groups is 4. The van der Waals surface area contributed by atoms with Crippen molar-refractivity contribution < 1.29 is 37.4 Å². The van der Waals surface area contributed by atoms with Gasteiger partial charge in [-0.1, -0.05) is 61.0 Å². The number of nitrogens with zero attached hydrogens (tertiary/aromatic N) is 4. The van der Waals surface area contributed by atoms with E-state index in [9.17, 15) is 19.2 Å². The fourth-order valence-corrected chi connectivity index (χ4v) is 10.2. The molecule has 1 aromatic heterocycles. The van der Waals surface area contributed by atoms with Gasteiger partial charge in [-0.3, -0.25) is 29.3 Å². The second-order valence-electron chi connectivity index (χ2n) is 16.7. The molecule has 1 aliphatic carbocycles. The van der Waals surface area contributed by atoms with Crippen molar-refractivity contribution in [3.8, 4) is 22.6 Å². The number of carbonyl (C=O) groups excluding carboxylic acids is 4. The van der Waals surface area contributed by atoms with Gasteiger partial charge in [0.2, 0.25) is 17.7 Å². The topological polar surface area (TPSA) is 161 Å². The summed E-state index contributed by atoms with van der Waals surface area (Å²) >= 11 is 6.68. The second-order valence-corrected chi connectivity index (χ2v) is 17.1. The van der Waals surface area contributed by atoms with Crippen molar-refractivity contribution in [2.45, 2.75) is 62.5 Å². The molecule has 322 valence electrons. The molecule has 4 aliphatic rings. The largest absolute Gasteiger partial charge is 0.494 e. The number of amides is 5. The number of nitrogens with two attached hydrogens (primary N) is 1. The van der Waals surface area contributed by atoms with Gasteiger partial charge in [0.1, 0.15) is 11.6 Å². The highest BCUT2D eigenvalue weighted by atomic mass is 35.5. The summed E-state index contributed by atoms with van der Waals surface area (Å²) in [6.07, 6.45) is 3.09. The molecule has 3 fully saturated rings. The standard InChI is InChI=1S/C46H46ClF2N7O6/c1-24-36-34(20-32(48)39(47)38(36)37-30(42(50)58)16-17-33(61-3)40(37)49)62-46(24,27-8-5-4-6-9-27)23-51-28-14-12-25(13-15-28)44(59)55-21-26(22-55)29-10-7-11-31-41(29)54(2)53-43(31)56-19-18-35(57)52-45(56)60/h4-11,16-17,20,24-26,28,51H,12-15,18-19,21-23H2,1-3H3,(H2,50,58)(H,52,57,60). The van der Waals surface area contributed by atoms with E-state index in [4.69, 9.17) is 26.8 Å². The summed E-state index contributed by atoms with van der Waals surface area (Å²) in [6, 6.07) is 18.9. The lowest BCUT2D eigenvalue weighted by atomic mass is 9.77. The van der Waals surface area contributed by atoms with Crippen molar-refractivity contribution >= 4 is 52.1 Å². The number of aromatic nitrogens is 2. The Kier molecular flexibility index (Phi) is 10.7. The molecule has 2 atom stereocenters. The first-order chi connectivity index (χ1) is 29.8. The fourth-order valence-electron chi connectivity index (χ4n) is 9.98. The van der Waals surface area contributed by atoms with Gasteiger partial charge < -0.3 is 25.4 Å². The number of para-hydroxylation sites is 1. The molecule has 16 heteroatoms. The van der Waals surface area contributed by atoms with Gasteiger partial charge in [0.15, 0.2) is 23.0 Å². The molecule has 9 rings (SSSR count). The number of anilines is 1. The Hall–Kier alpha value is -6.06. The Labute approximate surface area is 361 Å². The molecule has 4 heterocycles. The average molecular weight is 866 g/mol. The maximum Gasteiger partial charge on any atom is 0.329 e. The third-order valence-corrected chi connectivity index (χ3v) is 13.7. The minimum absolute atomic E-state index is 0.0172. The van der Waals surface area contributed by atoms with Gasteiger partial charge in [-0.25, -0.2) is 13.6 Å². The third-order valence-electron chi connectivity index (χ3n) is 13.3. The highest BCUT2D eigenvalue weighted by Crippen LogP contribution is 2.56. The monoisotopic (exact) mass is 865 g/mol. The molecule has 5 aromatic rings. The zero-order chi connectivity index (χ0) is 43.6. The Bertz CT molecular complexity index is 2650. The number of fused-ring (bicyclic) bond motifs is 2. The number of aryl methyl sites for hydroxylation is 1. The van der Waals surface area contributed by atoms with E-state index < -0.39 is 35.1 Å². The summed E-state index contributed by atoms with van der Waals surface area (Å²) in [5.41, 5.74) is 7.39.